The monoisotopic (exact) mass is 269 g/mol. The second kappa shape index (κ2) is 6.47. The van der Waals surface area contributed by atoms with Crippen LogP contribution in [0.1, 0.15) is 27.2 Å². The zero-order chi connectivity index (χ0) is 14.4. The van der Waals surface area contributed by atoms with Crippen LogP contribution in [0.15, 0.2) is 60.7 Å². The van der Waals surface area contributed by atoms with E-state index < -0.39 is 0 Å². The first-order valence-corrected chi connectivity index (χ1v) is 7.26. The van der Waals surface area contributed by atoms with Gasteiger partial charge in [0.15, 0.2) is 5.72 Å². The lowest BCUT2D eigenvalue weighted by Crippen LogP contribution is -2.50. The van der Waals surface area contributed by atoms with Crippen LogP contribution in [-0.2, 0) is 0 Å². The number of para-hydroxylation sites is 2. The molecule has 0 radical (unpaired) electrons. The molecule has 0 aliphatic heterocycles. The highest BCUT2D eigenvalue weighted by atomic mass is 16.5. The van der Waals surface area contributed by atoms with Gasteiger partial charge in [0.25, 0.3) is 0 Å². The van der Waals surface area contributed by atoms with Gasteiger partial charge in [-0.25, -0.2) is 0 Å². The van der Waals surface area contributed by atoms with Gasteiger partial charge in [0.2, 0.25) is 0 Å². The van der Waals surface area contributed by atoms with Gasteiger partial charge >= 0.3 is 0 Å². The summed E-state index contributed by atoms with van der Waals surface area (Å²) >= 11 is 0. The van der Waals surface area contributed by atoms with Gasteiger partial charge in [0.1, 0.15) is 5.75 Å². The lowest BCUT2D eigenvalue weighted by molar-refractivity contribution is 0.0806. The van der Waals surface area contributed by atoms with E-state index in [2.05, 4.69) is 49.9 Å². The molecule has 0 bridgehead atoms. The first kappa shape index (κ1) is 14.4. The van der Waals surface area contributed by atoms with Crippen LogP contribution < -0.4 is 9.64 Å². The first-order valence-electron chi connectivity index (χ1n) is 7.26. The summed E-state index contributed by atoms with van der Waals surface area (Å²) in [4.78, 5) is 2.31. The third-order valence-electron chi connectivity index (χ3n) is 3.69. The van der Waals surface area contributed by atoms with Gasteiger partial charge in [-0.15, -0.1) is 0 Å². The highest BCUT2D eigenvalue weighted by molar-refractivity contribution is 5.48. The third-order valence-corrected chi connectivity index (χ3v) is 3.69. The van der Waals surface area contributed by atoms with Crippen LogP contribution in [0.25, 0.3) is 0 Å². The van der Waals surface area contributed by atoms with E-state index in [0.717, 1.165) is 18.7 Å². The van der Waals surface area contributed by atoms with E-state index in [1.807, 2.05) is 36.4 Å². The van der Waals surface area contributed by atoms with Crippen molar-refractivity contribution in [3.8, 4) is 5.75 Å². The van der Waals surface area contributed by atoms with Gasteiger partial charge < -0.3 is 9.64 Å². The maximum absolute atomic E-state index is 6.28. The summed E-state index contributed by atoms with van der Waals surface area (Å²) in [5.41, 5.74) is 0.840. The van der Waals surface area contributed by atoms with E-state index in [9.17, 15) is 0 Å². The molecule has 0 amide bonds. The Balaban J connectivity index is 2.28. The average Bonchev–Trinajstić information content (AvgIpc) is 2.50. The van der Waals surface area contributed by atoms with Crippen LogP contribution in [-0.4, -0.2) is 12.3 Å². The smallest absolute Gasteiger partial charge is 0.179 e. The summed E-state index contributed by atoms with van der Waals surface area (Å²) in [6.07, 6.45) is 0.907. The molecule has 0 saturated heterocycles. The van der Waals surface area contributed by atoms with Crippen molar-refractivity contribution in [2.45, 2.75) is 32.9 Å². The van der Waals surface area contributed by atoms with Crippen molar-refractivity contribution in [1.29, 1.82) is 0 Å². The molecule has 20 heavy (non-hydrogen) atoms. The van der Waals surface area contributed by atoms with Crippen molar-refractivity contribution in [3.05, 3.63) is 60.7 Å². The highest BCUT2D eigenvalue weighted by Gasteiger charge is 2.31. The second-order valence-corrected chi connectivity index (χ2v) is 5.02. The van der Waals surface area contributed by atoms with Crippen LogP contribution >= 0.6 is 0 Å². The fraction of sp³-hybridized carbons (Fsp3) is 0.333. The topological polar surface area (TPSA) is 12.5 Å². The van der Waals surface area contributed by atoms with Crippen LogP contribution in [0.5, 0.6) is 5.75 Å². The zero-order valence-corrected chi connectivity index (χ0v) is 12.5. The number of rotatable bonds is 6. The van der Waals surface area contributed by atoms with Crippen molar-refractivity contribution in [3.63, 3.8) is 0 Å². The minimum Gasteiger partial charge on any atom is -0.468 e. The molecule has 0 aliphatic rings. The molecule has 0 heterocycles. The number of anilines is 1. The average molecular weight is 269 g/mol. The predicted molar refractivity (Wildman–Crippen MR) is 85.2 cm³/mol. The molecule has 2 heteroatoms. The van der Waals surface area contributed by atoms with Crippen LogP contribution in [0, 0.1) is 0 Å². The number of benzene rings is 2. The van der Waals surface area contributed by atoms with E-state index in [1.165, 1.54) is 5.69 Å². The van der Waals surface area contributed by atoms with Crippen molar-refractivity contribution in [2.75, 3.05) is 11.4 Å². The van der Waals surface area contributed by atoms with Crippen molar-refractivity contribution in [2.24, 2.45) is 0 Å². The Kier molecular flexibility index (Phi) is 4.67. The van der Waals surface area contributed by atoms with Gasteiger partial charge in [0.05, 0.1) is 0 Å². The summed E-state index contributed by atoms with van der Waals surface area (Å²) in [6.45, 7) is 7.38. The normalized spacial score (nSPS) is 13.6. The van der Waals surface area contributed by atoms with E-state index >= 15 is 0 Å². The fourth-order valence-corrected chi connectivity index (χ4v) is 2.46. The molecule has 0 saturated carbocycles. The van der Waals surface area contributed by atoms with Crippen molar-refractivity contribution < 1.29 is 4.74 Å². The quantitative estimate of drug-likeness (QED) is 0.704. The van der Waals surface area contributed by atoms with Crippen molar-refractivity contribution >= 4 is 5.69 Å². The maximum Gasteiger partial charge on any atom is 0.179 e. The largest absolute Gasteiger partial charge is 0.468 e. The second-order valence-electron chi connectivity index (χ2n) is 5.02. The maximum atomic E-state index is 6.28. The van der Waals surface area contributed by atoms with E-state index in [4.69, 9.17) is 4.74 Å². The van der Waals surface area contributed by atoms with E-state index in [1.54, 1.807) is 0 Å². The number of nitrogens with zero attached hydrogens (tertiary/aromatic N) is 1. The minimum absolute atomic E-state index is 0.350. The van der Waals surface area contributed by atoms with E-state index in [0.29, 0.717) is 0 Å². The molecule has 1 atom stereocenters. The molecule has 0 fully saturated rings. The lowest BCUT2D eigenvalue weighted by Gasteiger charge is -2.41. The molecule has 106 valence electrons. The van der Waals surface area contributed by atoms with Crippen molar-refractivity contribution in [1.82, 2.24) is 0 Å². The standard InChI is InChI=1S/C18H23NO/c1-4-18(3,20-17-14-10-7-11-15-17)19(5-2)16-12-8-6-9-13-16/h6-15H,4-5H2,1-3H3. The summed E-state index contributed by atoms with van der Waals surface area (Å²) in [5, 5.41) is 0. The Morgan fingerprint density at radius 1 is 0.900 bits per heavy atom. The minimum atomic E-state index is -0.350. The van der Waals surface area contributed by atoms with Gasteiger partial charge in [-0.05, 0) is 38.1 Å². The predicted octanol–water partition coefficient (Wildman–Crippen LogP) is 4.72. The SMILES string of the molecule is CCN(c1ccccc1)C(C)(CC)Oc1ccccc1. The van der Waals surface area contributed by atoms with Crippen LogP contribution in [0.2, 0.25) is 0 Å². The Hall–Kier alpha value is -1.96. The molecule has 0 spiro atoms. The molecule has 2 aromatic carbocycles. The summed E-state index contributed by atoms with van der Waals surface area (Å²) in [6, 6.07) is 20.5. The Bertz CT molecular complexity index is 511. The Labute approximate surface area is 122 Å². The van der Waals surface area contributed by atoms with Gasteiger partial charge in [-0.3, -0.25) is 0 Å². The third kappa shape index (κ3) is 3.13. The Morgan fingerprint density at radius 2 is 1.45 bits per heavy atom. The highest BCUT2D eigenvalue weighted by Crippen LogP contribution is 2.29. The van der Waals surface area contributed by atoms with Gasteiger partial charge in [0, 0.05) is 18.7 Å². The molecule has 2 rings (SSSR count). The Morgan fingerprint density at radius 3 is 1.95 bits per heavy atom. The number of hydrogen-bond donors (Lipinski definition) is 0. The van der Waals surface area contributed by atoms with Crippen LogP contribution in [0.3, 0.4) is 0 Å². The molecule has 1 unspecified atom stereocenters. The van der Waals surface area contributed by atoms with E-state index in [-0.39, 0.29) is 5.72 Å². The molecule has 0 aromatic heterocycles. The molecule has 2 aromatic rings. The fourth-order valence-electron chi connectivity index (χ4n) is 2.46. The number of ether oxygens (including phenoxy) is 1. The van der Waals surface area contributed by atoms with Gasteiger partial charge in [-0.2, -0.15) is 0 Å². The summed E-state index contributed by atoms with van der Waals surface area (Å²) < 4.78 is 6.28. The summed E-state index contributed by atoms with van der Waals surface area (Å²) in [5.74, 6) is 0.909. The molecule has 2 nitrogen and oxygen atoms in total. The molecular weight excluding hydrogens is 246 g/mol. The first-order chi connectivity index (χ1) is 9.69. The lowest BCUT2D eigenvalue weighted by atomic mass is 10.1. The molecule has 0 N–H and O–H groups in total. The van der Waals surface area contributed by atoms with Gasteiger partial charge in [-0.1, -0.05) is 43.3 Å². The molecule has 0 aliphatic carbocycles. The number of hydrogen-bond acceptors (Lipinski definition) is 2. The summed E-state index contributed by atoms with van der Waals surface area (Å²) in [7, 11) is 0. The van der Waals surface area contributed by atoms with Crippen LogP contribution in [0.4, 0.5) is 5.69 Å². The zero-order valence-electron chi connectivity index (χ0n) is 12.5. The molecular formula is C18H23NO.